The molecule has 0 bridgehead atoms. The van der Waals surface area contributed by atoms with E-state index < -0.39 is 0 Å². The number of fused-ring (bicyclic) bond motifs is 1. The average molecular weight is 376 g/mol. The maximum Gasteiger partial charge on any atom is 0.267 e. The number of anilines is 2. The van der Waals surface area contributed by atoms with Gasteiger partial charge in [-0.1, -0.05) is 6.07 Å². The van der Waals surface area contributed by atoms with E-state index in [1.165, 1.54) is 11.3 Å². The molecule has 0 atom stereocenters. The maximum absolute atomic E-state index is 12.7. The molecule has 0 saturated heterocycles. The molecule has 134 valence electrons. The summed E-state index contributed by atoms with van der Waals surface area (Å²) in [5.74, 6) is 0.459. The number of nitrogens with one attached hydrogen (secondary N) is 1. The SMILES string of the molecule is COc1ccc(NC(=O)c2sc3nc(-c4ccccn4)ccc3c2N)cc1. The van der Waals surface area contributed by atoms with Gasteiger partial charge in [-0.3, -0.25) is 9.78 Å². The summed E-state index contributed by atoms with van der Waals surface area (Å²) in [6.45, 7) is 0. The number of rotatable bonds is 4. The van der Waals surface area contributed by atoms with Gasteiger partial charge < -0.3 is 15.8 Å². The molecule has 0 saturated carbocycles. The molecule has 3 N–H and O–H groups in total. The quantitative estimate of drug-likeness (QED) is 0.557. The Morgan fingerprint density at radius 1 is 1.07 bits per heavy atom. The Morgan fingerprint density at radius 2 is 1.89 bits per heavy atom. The number of carbonyl (C=O) groups excluding carboxylic acids is 1. The molecule has 0 radical (unpaired) electrons. The van der Waals surface area contributed by atoms with E-state index in [0.29, 0.717) is 21.1 Å². The predicted molar refractivity (Wildman–Crippen MR) is 108 cm³/mol. The molecular weight excluding hydrogens is 360 g/mol. The van der Waals surface area contributed by atoms with Crippen LogP contribution in [0.5, 0.6) is 5.75 Å². The van der Waals surface area contributed by atoms with Crippen LogP contribution in [0.3, 0.4) is 0 Å². The molecule has 0 aliphatic heterocycles. The summed E-state index contributed by atoms with van der Waals surface area (Å²) in [5, 5.41) is 3.62. The number of pyridine rings is 2. The second-order valence-corrected chi connectivity index (χ2v) is 6.79. The van der Waals surface area contributed by atoms with Crippen molar-refractivity contribution in [1.82, 2.24) is 9.97 Å². The van der Waals surface area contributed by atoms with Gasteiger partial charge in [0.25, 0.3) is 5.91 Å². The van der Waals surface area contributed by atoms with Crippen LogP contribution in [-0.4, -0.2) is 23.0 Å². The third kappa shape index (κ3) is 3.32. The van der Waals surface area contributed by atoms with Crippen LogP contribution in [0.15, 0.2) is 60.8 Å². The van der Waals surface area contributed by atoms with Gasteiger partial charge in [0.05, 0.1) is 24.2 Å². The average Bonchev–Trinajstić information content (AvgIpc) is 3.05. The minimum Gasteiger partial charge on any atom is -0.497 e. The monoisotopic (exact) mass is 376 g/mol. The third-order valence-corrected chi connectivity index (χ3v) is 5.19. The van der Waals surface area contributed by atoms with Crippen molar-refractivity contribution in [2.24, 2.45) is 0 Å². The van der Waals surface area contributed by atoms with Crippen LogP contribution >= 0.6 is 11.3 Å². The Labute approximate surface area is 159 Å². The summed E-state index contributed by atoms with van der Waals surface area (Å²) >= 11 is 1.27. The van der Waals surface area contributed by atoms with Gasteiger partial charge in [-0.2, -0.15) is 0 Å². The van der Waals surface area contributed by atoms with Crippen molar-refractivity contribution in [3.8, 4) is 17.1 Å². The van der Waals surface area contributed by atoms with Gasteiger partial charge in [0.1, 0.15) is 15.5 Å². The number of ether oxygens (including phenoxy) is 1. The van der Waals surface area contributed by atoms with E-state index in [4.69, 9.17) is 10.5 Å². The lowest BCUT2D eigenvalue weighted by Gasteiger charge is -2.05. The van der Waals surface area contributed by atoms with E-state index >= 15 is 0 Å². The van der Waals surface area contributed by atoms with Crippen molar-refractivity contribution < 1.29 is 9.53 Å². The number of amides is 1. The number of nitrogen functional groups attached to an aromatic ring is 1. The maximum atomic E-state index is 12.7. The number of hydrogen-bond acceptors (Lipinski definition) is 6. The van der Waals surface area contributed by atoms with Gasteiger partial charge in [0.2, 0.25) is 0 Å². The summed E-state index contributed by atoms with van der Waals surface area (Å²) < 4.78 is 5.12. The van der Waals surface area contributed by atoms with Crippen molar-refractivity contribution in [2.75, 3.05) is 18.2 Å². The van der Waals surface area contributed by atoms with Gasteiger partial charge in [-0.15, -0.1) is 11.3 Å². The highest BCUT2D eigenvalue weighted by Gasteiger charge is 2.18. The molecule has 1 amide bonds. The van der Waals surface area contributed by atoms with Crippen molar-refractivity contribution in [2.45, 2.75) is 0 Å². The van der Waals surface area contributed by atoms with Crippen molar-refractivity contribution in [3.05, 3.63) is 65.7 Å². The lowest BCUT2D eigenvalue weighted by Crippen LogP contribution is -2.11. The minimum atomic E-state index is -0.264. The summed E-state index contributed by atoms with van der Waals surface area (Å²) in [4.78, 5) is 22.7. The van der Waals surface area contributed by atoms with E-state index in [9.17, 15) is 4.79 Å². The fourth-order valence-corrected chi connectivity index (χ4v) is 3.67. The molecule has 0 aliphatic carbocycles. The van der Waals surface area contributed by atoms with Crippen molar-refractivity contribution in [1.29, 1.82) is 0 Å². The van der Waals surface area contributed by atoms with Crippen LogP contribution in [0.2, 0.25) is 0 Å². The van der Waals surface area contributed by atoms with Crippen LogP contribution < -0.4 is 15.8 Å². The van der Waals surface area contributed by atoms with E-state index in [0.717, 1.165) is 22.5 Å². The first kappa shape index (κ1) is 17.0. The fraction of sp³-hybridized carbons (Fsp3) is 0.0500. The van der Waals surface area contributed by atoms with Crippen LogP contribution in [0, 0.1) is 0 Å². The number of hydrogen-bond donors (Lipinski definition) is 2. The molecule has 0 unspecified atom stereocenters. The summed E-state index contributed by atoms with van der Waals surface area (Å²) in [6.07, 6.45) is 1.72. The summed E-state index contributed by atoms with van der Waals surface area (Å²) in [6, 6.07) is 16.5. The first-order valence-electron chi connectivity index (χ1n) is 8.21. The number of aromatic nitrogens is 2. The molecule has 6 nitrogen and oxygen atoms in total. The summed E-state index contributed by atoms with van der Waals surface area (Å²) in [7, 11) is 1.59. The summed E-state index contributed by atoms with van der Waals surface area (Å²) in [5.41, 5.74) is 8.82. The molecule has 3 aromatic heterocycles. The molecular formula is C20H16N4O2S. The first-order valence-corrected chi connectivity index (χ1v) is 9.03. The topological polar surface area (TPSA) is 90.1 Å². The van der Waals surface area contributed by atoms with Crippen LogP contribution in [-0.2, 0) is 0 Å². The molecule has 0 fully saturated rings. The van der Waals surface area contributed by atoms with Gasteiger partial charge in [-0.25, -0.2) is 4.98 Å². The van der Waals surface area contributed by atoms with Crippen LogP contribution in [0.1, 0.15) is 9.67 Å². The van der Waals surface area contributed by atoms with E-state index in [1.54, 1.807) is 37.6 Å². The van der Waals surface area contributed by atoms with Gasteiger partial charge >= 0.3 is 0 Å². The fourth-order valence-electron chi connectivity index (χ4n) is 2.69. The predicted octanol–water partition coefficient (Wildman–Crippen LogP) is 4.20. The normalized spacial score (nSPS) is 10.7. The van der Waals surface area contributed by atoms with E-state index in [-0.39, 0.29) is 5.91 Å². The zero-order chi connectivity index (χ0) is 18.8. The zero-order valence-corrected chi connectivity index (χ0v) is 15.3. The highest BCUT2D eigenvalue weighted by Crippen LogP contribution is 2.34. The molecule has 7 heteroatoms. The van der Waals surface area contributed by atoms with Gasteiger partial charge in [0.15, 0.2) is 0 Å². The van der Waals surface area contributed by atoms with E-state index in [2.05, 4.69) is 15.3 Å². The van der Waals surface area contributed by atoms with E-state index in [1.807, 2.05) is 30.3 Å². The molecule has 0 aliphatic rings. The Kier molecular flexibility index (Phi) is 4.43. The Balaban J connectivity index is 1.65. The van der Waals surface area contributed by atoms with Crippen molar-refractivity contribution >= 4 is 38.8 Å². The Bertz CT molecular complexity index is 1110. The van der Waals surface area contributed by atoms with Crippen LogP contribution in [0.25, 0.3) is 21.6 Å². The number of carbonyl (C=O) groups is 1. The highest BCUT2D eigenvalue weighted by molar-refractivity contribution is 7.21. The lowest BCUT2D eigenvalue weighted by atomic mass is 10.2. The van der Waals surface area contributed by atoms with Gasteiger partial charge in [-0.05, 0) is 48.5 Å². The molecule has 4 aromatic rings. The smallest absolute Gasteiger partial charge is 0.267 e. The number of thiophene rings is 1. The molecule has 4 rings (SSSR count). The second-order valence-electron chi connectivity index (χ2n) is 5.79. The Hall–Kier alpha value is -3.45. The molecule has 1 aromatic carbocycles. The largest absolute Gasteiger partial charge is 0.497 e. The lowest BCUT2D eigenvalue weighted by molar-refractivity contribution is 0.103. The standard InChI is InChI=1S/C20H16N4O2S/c1-26-13-7-5-12(6-8-13)23-19(25)18-17(21)14-9-10-16(24-20(14)27-18)15-4-2-3-11-22-15/h2-11H,21H2,1H3,(H,23,25). The first-order chi connectivity index (χ1) is 13.2. The number of benzene rings is 1. The third-order valence-electron chi connectivity index (χ3n) is 4.08. The second kappa shape index (κ2) is 7.05. The van der Waals surface area contributed by atoms with Crippen LogP contribution in [0.4, 0.5) is 11.4 Å². The minimum absolute atomic E-state index is 0.264. The molecule has 27 heavy (non-hydrogen) atoms. The Morgan fingerprint density at radius 3 is 2.59 bits per heavy atom. The van der Waals surface area contributed by atoms with Crippen molar-refractivity contribution in [3.63, 3.8) is 0 Å². The number of nitrogens with zero attached hydrogens (tertiary/aromatic N) is 2. The number of nitrogens with two attached hydrogens (primary N) is 1. The number of methoxy groups -OCH3 is 1. The molecule has 0 spiro atoms. The van der Waals surface area contributed by atoms with Gasteiger partial charge in [0, 0.05) is 17.3 Å². The zero-order valence-electron chi connectivity index (χ0n) is 14.5. The molecule has 3 heterocycles. The highest BCUT2D eigenvalue weighted by atomic mass is 32.1.